The quantitative estimate of drug-likeness (QED) is 0.621. The summed E-state index contributed by atoms with van der Waals surface area (Å²) < 4.78 is 5.81. The first-order chi connectivity index (χ1) is 5.24. The van der Waals surface area contributed by atoms with Crippen LogP contribution in [0.4, 0.5) is 0 Å². The molecule has 3 atom stereocenters. The molecule has 0 aliphatic carbocycles. The molecule has 0 aromatic rings. The van der Waals surface area contributed by atoms with E-state index in [1.54, 1.807) is 0 Å². The molecule has 0 saturated carbocycles. The van der Waals surface area contributed by atoms with Crippen LogP contribution >= 0.6 is 0 Å². The van der Waals surface area contributed by atoms with Gasteiger partial charge in [0.05, 0.1) is 12.2 Å². The fourth-order valence-electron chi connectivity index (χ4n) is 1.36. The van der Waals surface area contributed by atoms with Crippen LogP contribution in [0.25, 0.3) is 0 Å². The zero-order valence-electron chi connectivity index (χ0n) is 7.76. The van der Waals surface area contributed by atoms with Gasteiger partial charge in [-0.25, -0.2) is 0 Å². The van der Waals surface area contributed by atoms with Crippen LogP contribution in [0.2, 0.25) is 0 Å². The fourth-order valence-corrected chi connectivity index (χ4v) is 1.36. The molecule has 1 aliphatic rings. The Morgan fingerprint density at radius 1 is 1.36 bits per heavy atom. The first-order valence-electron chi connectivity index (χ1n) is 4.60. The Balaban J connectivity index is 2.41. The minimum atomic E-state index is 0.412. The largest absolute Gasteiger partial charge is 0.374 e. The SMILES string of the molecule is CC[C@@H]1CNC[C@@H](C)C(C)O1. The van der Waals surface area contributed by atoms with Crippen molar-refractivity contribution >= 4 is 0 Å². The molecule has 0 radical (unpaired) electrons. The molecule has 0 bridgehead atoms. The molecule has 1 fully saturated rings. The summed E-state index contributed by atoms with van der Waals surface area (Å²) in [4.78, 5) is 0. The van der Waals surface area contributed by atoms with Crippen molar-refractivity contribution in [2.45, 2.75) is 39.4 Å². The Morgan fingerprint density at radius 2 is 2.09 bits per heavy atom. The summed E-state index contributed by atoms with van der Waals surface area (Å²) in [6.07, 6.45) is 1.95. The molecule has 0 aromatic carbocycles. The lowest BCUT2D eigenvalue weighted by molar-refractivity contribution is -0.0115. The van der Waals surface area contributed by atoms with E-state index in [0.717, 1.165) is 19.5 Å². The van der Waals surface area contributed by atoms with Crippen LogP contribution in [0.1, 0.15) is 27.2 Å². The van der Waals surface area contributed by atoms with E-state index in [1.807, 2.05) is 0 Å². The Kier molecular flexibility index (Phi) is 3.34. The van der Waals surface area contributed by atoms with Gasteiger partial charge in [-0.15, -0.1) is 0 Å². The van der Waals surface area contributed by atoms with Crippen LogP contribution in [0.3, 0.4) is 0 Å². The lowest BCUT2D eigenvalue weighted by atomic mass is 10.1. The van der Waals surface area contributed by atoms with Crippen molar-refractivity contribution in [3.63, 3.8) is 0 Å². The van der Waals surface area contributed by atoms with Crippen LogP contribution in [-0.4, -0.2) is 25.3 Å². The lowest BCUT2D eigenvalue weighted by Gasteiger charge is -2.19. The van der Waals surface area contributed by atoms with Gasteiger partial charge in [-0.3, -0.25) is 0 Å². The highest BCUT2D eigenvalue weighted by Crippen LogP contribution is 2.13. The molecule has 1 N–H and O–H groups in total. The number of ether oxygens (including phenoxy) is 1. The summed E-state index contributed by atoms with van der Waals surface area (Å²) in [5.74, 6) is 0.645. The van der Waals surface area contributed by atoms with Gasteiger partial charge in [-0.05, 0) is 19.3 Å². The lowest BCUT2D eigenvalue weighted by Crippen LogP contribution is -2.25. The minimum Gasteiger partial charge on any atom is -0.374 e. The Bertz CT molecular complexity index is 116. The normalized spacial score (nSPS) is 40.1. The summed E-state index contributed by atoms with van der Waals surface area (Å²) in [6.45, 7) is 8.69. The van der Waals surface area contributed by atoms with Gasteiger partial charge in [0.2, 0.25) is 0 Å². The van der Waals surface area contributed by atoms with Crippen molar-refractivity contribution in [1.29, 1.82) is 0 Å². The molecule has 11 heavy (non-hydrogen) atoms. The third-order valence-electron chi connectivity index (χ3n) is 2.50. The van der Waals surface area contributed by atoms with Crippen molar-refractivity contribution in [1.82, 2.24) is 5.32 Å². The van der Waals surface area contributed by atoms with Crippen LogP contribution in [0.5, 0.6) is 0 Å². The maximum absolute atomic E-state index is 5.81. The summed E-state index contributed by atoms with van der Waals surface area (Å²) in [6, 6.07) is 0. The van der Waals surface area contributed by atoms with Crippen LogP contribution < -0.4 is 5.32 Å². The van der Waals surface area contributed by atoms with E-state index in [2.05, 4.69) is 26.1 Å². The van der Waals surface area contributed by atoms with Gasteiger partial charge in [-0.1, -0.05) is 13.8 Å². The van der Waals surface area contributed by atoms with Crippen molar-refractivity contribution < 1.29 is 4.74 Å². The average molecular weight is 157 g/mol. The first-order valence-corrected chi connectivity index (χ1v) is 4.60. The zero-order chi connectivity index (χ0) is 8.27. The molecular formula is C9H19NO. The molecule has 66 valence electrons. The predicted molar refractivity (Wildman–Crippen MR) is 46.7 cm³/mol. The third-order valence-corrected chi connectivity index (χ3v) is 2.50. The Hall–Kier alpha value is -0.0800. The van der Waals surface area contributed by atoms with Gasteiger partial charge in [-0.2, -0.15) is 0 Å². The molecule has 0 amide bonds. The number of rotatable bonds is 1. The van der Waals surface area contributed by atoms with E-state index in [9.17, 15) is 0 Å². The second-order valence-corrected chi connectivity index (χ2v) is 3.51. The standard InChI is InChI=1S/C9H19NO/c1-4-9-6-10-5-7(2)8(3)11-9/h7-10H,4-6H2,1-3H3/t7-,8?,9-/m1/s1. The maximum atomic E-state index is 5.81. The highest BCUT2D eigenvalue weighted by atomic mass is 16.5. The number of hydrogen-bond donors (Lipinski definition) is 1. The van der Waals surface area contributed by atoms with Gasteiger partial charge in [0, 0.05) is 13.1 Å². The van der Waals surface area contributed by atoms with Gasteiger partial charge < -0.3 is 10.1 Å². The minimum absolute atomic E-state index is 0.412. The molecule has 1 saturated heterocycles. The van der Waals surface area contributed by atoms with Crippen LogP contribution in [0, 0.1) is 5.92 Å². The molecule has 2 heteroatoms. The molecule has 2 nitrogen and oxygen atoms in total. The van der Waals surface area contributed by atoms with Crippen molar-refractivity contribution in [2.75, 3.05) is 13.1 Å². The van der Waals surface area contributed by atoms with E-state index in [-0.39, 0.29) is 0 Å². The summed E-state index contributed by atoms with van der Waals surface area (Å²) in [5.41, 5.74) is 0. The second-order valence-electron chi connectivity index (χ2n) is 3.51. The topological polar surface area (TPSA) is 21.3 Å². The molecule has 1 rings (SSSR count). The predicted octanol–water partition coefficient (Wildman–Crippen LogP) is 1.41. The van der Waals surface area contributed by atoms with Crippen LogP contribution in [0.15, 0.2) is 0 Å². The number of hydrogen-bond acceptors (Lipinski definition) is 2. The fraction of sp³-hybridized carbons (Fsp3) is 1.00. The van der Waals surface area contributed by atoms with E-state index < -0.39 is 0 Å². The van der Waals surface area contributed by atoms with E-state index >= 15 is 0 Å². The zero-order valence-corrected chi connectivity index (χ0v) is 7.76. The molecule has 1 aliphatic heterocycles. The Morgan fingerprint density at radius 3 is 2.73 bits per heavy atom. The van der Waals surface area contributed by atoms with Gasteiger partial charge in [0.25, 0.3) is 0 Å². The van der Waals surface area contributed by atoms with Gasteiger partial charge in [0.15, 0.2) is 0 Å². The van der Waals surface area contributed by atoms with E-state index in [1.165, 1.54) is 0 Å². The molecule has 1 unspecified atom stereocenters. The average Bonchev–Trinajstić information content (AvgIpc) is 2.15. The molecular weight excluding hydrogens is 138 g/mol. The van der Waals surface area contributed by atoms with E-state index in [4.69, 9.17) is 4.74 Å². The van der Waals surface area contributed by atoms with Crippen molar-refractivity contribution in [3.05, 3.63) is 0 Å². The molecule has 0 aromatic heterocycles. The highest BCUT2D eigenvalue weighted by molar-refractivity contribution is 4.73. The van der Waals surface area contributed by atoms with Gasteiger partial charge in [0.1, 0.15) is 0 Å². The molecule has 0 spiro atoms. The summed E-state index contributed by atoms with van der Waals surface area (Å²) >= 11 is 0. The number of nitrogens with one attached hydrogen (secondary N) is 1. The van der Waals surface area contributed by atoms with Crippen LogP contribution in [-0.2, 0) is 4.74 Å². The molecule has 1 heterocycles. The van der Waals surface area contributed by atoms with E-state index in [0.29, 0.717) is 18.1 Å². The second kappa shape index (κ2) is 4.07. The first kappa shape index (κ1) is 9.01. The highest BCUT2D eigenvalue weighted by Gasteiger charge is 2.20. The summed E-state index contributed by atoms with van der Waals surface area (Å²) in [7, 11) is 0. The van der Waals surface area contributed by atoms with Gasteiger partial charge >= 0.3 is 0 Å². The van der Waals surface area contributed by atoms with Crippen molar-refractivity contribution in [2.24, 2.45) is 5.92 Å². The van der Waals surface area contributed by atoms with Crippen molar-refractivity contribution in [3.8, 4) is 0 Å². The Labute approximate surface area is 69.3 Å². The maximum Gasteiger partial charge on any atom is 0.0700 e. The third kappa shape index (κ3) is 2.46. The summed E-state index contributed by atoms with van der Waals surface area (Å²) in [5, 5.41) is 3.40. The monoisotopic (exact) mass is 157 g/mol. The smallest absolute Gasteiger partial charge is 0.0700 e.